The van der Waals surface area contributed by atoms with E-state index in [-0.39, 0.29) is 0 Å². The molecule has 2 aromatic rings. The molecule has 0 aliphatic heterocycles. The second kappa shape index (κ2) is 5.78. The van der Waals surface area contributed by atoms with Crippen LogP contribution in [0.5, 0.6) is 0 Å². The quantitative estimate of drug-likeness (QED) is 0.878. The van der Waals surface area contributed by atoms with Crippen molar-refractivity contribution in [3.63, 3.8) is 0 Å². The Morgan fingerprint density at radius 1 is 1.22 bits per heavy atom. The van der Waals surface area contributed by atoms with Gasteiger partial charge in [-0.2, -0.15) is 0 Å². The smallest absolute Gasteiger partial charge is 0.0951 e. The predicted molar refractivity (Wildman–Crippen MR) is 72.1 cm³/mol. The van der Waals surface area contributed by atoms with Crippen LogP contribution < -0.4 is 5.32 Å². The van der Waals surface area contributed by atoms with Gasteiger partial charge in [0.25, 0.3) is 0 Å². The number of hydrogen-bond donors (Lipinski definition) is 1. The molecule has 2 rings (SSSR count). The van der Waals surface area contributed by atoms with Crippen molar-refractivity contribution < 1.29 is 0 Å². The zero-order valence-corrected chi connectivity index (χ0v) is 11.2. The van der Waals surface area contributed by atoms with Crippen LogP contribution in [0.1, 0.15) is 36.7 Å². The maximum absolute atomic E-state index is 4.20. The molecular weight excluding hydrogens is 224 g/mol. The minimum Gasteiger partial charge on any atom is -0.331 e. The summed E-state index contributed by atoms with van der Waals surface area (Å²) in [5.41, 5.74) is 3.73. The summed E-state index contributed by atoms with van der Waals surface area (Å²) in [6, 6.07) is 2.49. The number of pyridine rings is 1. The van der Waals surface area contributed by atoms with Crippen LogP contribution in [0, 0.1) is 6.92 Å². The van der Waals surface area contributed by atoms with Crippen molar-refractivity contribution in [2.24, 2.45) is 0 Å². The van der Waals surface area contributed by atoms with Crippen molar-refractivity contribution in [1.29, 1.82) is 0 Å². The summed E-state index contributed by atoms with van der Waals surface area (Å²) in [5, 5.41) is 3.44. The van der Waals surface area contributed by atoms with E-state index in [1.54, 1.807) is 0 Å². The van der Waals surface area contributed by atoms with Gasteiger partial charge in [-0.3, -0.25) is 4.98 Å². The van der Waals surface area contributed by atoms with Crippen LogP contribution >= 0.6 is 0 Å². The van der Waals surface area contributed by atoms with Crippen LogP contribution in [0.4, 0.5) is 0 Å². The number of nitrogens with zero attached hydrogens (tertiary/aromatic N) is 3. The molecule has 0 spiro atoms. The van der Waals surface area contributed by atoms with Gasteiger partial charge in [-0.05, 0) is 38.0 Å². The lowest BCUT2D eigenvalue weighted by atomic mass is 10.1. The number of hydrogen-bond acceptors (Lipinski definition) is 3. The molecule has 0 atom stereocenters. The minimum absolute atomic E-state index is 0.449. The number of aromatic nitrogens is 3. The number of rotatable bonds is 5. The van der Waals surface area contributed by atoms with E-state index in [1.807, 2.05) is 31.0 Å². The third-order valence-electron chi connectivity index (χ3n) is 3.07. The maximum atomic E-state index is 4.20. The van der Waals surface area contributed by atoms with Crippen molar-refractivity contribution in [2.45, 2.75) is 39.9 Å². The van der Waals surface area contributed by atoms with E-state index in [0.29, 0.717) is 6.04 Å². The molecule has 0 fully saturated rings. The molecule has 0 amide bonds. The molecule has 1 N–H and O–H groups in total. The van der Waals surface area contributed by atoms with Crippen molar-refractivity contribution in [3.8, 4) is 0 Å². The first-order chi connectivity index (χ1) is 8.68. The van der Waals surface area contributed by atoms with Gasteiger partial charge in [-0.15, -0.1) is 0 Å². The maximum Gasteiger partial charge on any atom is 0.0951 e. The van der Waals surface area contributed by atoms with Gasteiger partial charge in [0.2, 0.25) is 0 Å². The summed E-state index contributed by atoms with van der Waals surface area (Å²) in [5.74, 6) is 0. The van der Waals surface area contributed by atoms with Crippen molar-refractivity contribution in [1.82, 2.24) is 19.9 Å². The SMILES string of the molecule is Cc1ccncc1CNCc1cncn1C(C)C. The zero-order chi connectivity index (χ0) is 13.0. The zero-order valence-electron chi connectivity index (χ0n) is 11.2. The Morgan fingerprint density at radius 3 is 2.78 bits per heavy atom. The molecule has 0 aliphatic carbocycles. The first-order valence-corrected chi connectivity index (χ1v) is 6.29. The Labute approximate surface area is 108 Å². The number of aryl methyl sites for hydroxylation is 1. The fourth-order valence-corrected chi connectivity index (χ4v) is 1.94. The molecule has 0 saturated heterocycles. The Kier molecular flexibility index (Phi) is 4.10. The summed E-state index contributed by atoms with van der Waals surface area (Å²) in [7, 11) is 0. The minimum atomic E-state index is 0.449. The molecule has 0 unspecified atom stereocenters. The Hall–Kier alpha value is -1.68. The van der Waals surface area contributed by atoms with Crippen LogP contribution in [0.25, 0.3) is 0 Å². The van der Waals surface area contributed by atoms with Crippen LogP contribution in [0.15, 0.2) is 31.0 Å². The van der Waals surface area contributed by atoms with Crippen molar-refractivity contribution in [2.75, 3.05) is 0 Å². The Morgan fingerprint density at radius 2 is 2.06 bits per heavy atom. The largest absolute Gasteiger partial charge is 0.331 e. The Balaban J connectivity index is 1.93. The highest BCUT2D eigenvalue weighted by Crippen LogP contribution is 2.09. The lowest BCUT2D eigenvalue weighted by Gasteiger charge is -2.12. The molecule has 0 bridgehead atoms. The van der Waals surface area contributed by atoms with Crippen molar-refractivity contribution >= 4 is 0 Å². The molecule has 0 aromatic carbocycles. The predicted octanol–water partition coefficient (Wildman–Crippen LogP) is 2.46. The fourth-order valence-electron chi connectivity index (χ4n) is 1.94. The third kappa shape index (κ3) is 2.96. The average molecular weight is 244 g/mol. The summed E-state index contributed by atoms with van der Waals surface area (Å²) in [6.45, 7) is 8.10. The molecule has 4 heteroatoms. The molecule has 0 aliphatic rings. The normalized spacial score (nSPS) is 11.1. The highest BCUT2D eigenvalue weighted by atomic mass is 15.1. The standard InChI is InChI=1S/C14H20N4/c1-11(2)18-10-17-9-14(18)8-16-7-13-6-15-5-4-12(13)3/h4-6,9-11,16H,7-8H2,1-3H3. The van der Waals surface area contributed by atoms with Gasteiger partial charge in [0.05, 0.1) is 12.0 Å². The Bertz CT molecular complexity index is 502. The topological polar surface area (TPSA) is 42.7 Å². The molecule has 96 valence electrons. The second-order valence-electron chi connectivity index (χ2n) is 4.79. The van der Waals surface area contributed by atoms with Crippen LogP contribution in [-0.2, 0) is 13.1 Å². The third-order valence-corrected chi connectivity index (χ3v) is 3.07. The van der Waals surface area contributed by atoms with Gasteiger partial charge in [0.15, 0.2) is 0 Å². The van der Waals surface area contributed by atoms with Crippen LogP contribution in [0.2, 0.25) is 0 Å². The lowest BCUT2D eigenvalue weighted by molar-refractivity contribution is 0.550. The molecular formula is C14H20N4. The van der Waals surface area contributed by atoms with Gasteiger partial charge >= 0.3 is 0 Å². The second-order valence-corrected chi connectivity index (χ2v) is 4.79. The summed E-state index contributed by atoms with van der Waals surface area (Å²) < 4.78 is 2.18. The van der Waals surface area contributed by atoms with E-state index >= 15 is 0 Å². The van der Waals surface area contributed by atoms with Gasteiger partial charge in [-0.25, -0.2) is 4.98 Å². The number of imidazole rings is 1. The molecule has 0 radical (unpaired) electrons. The summed E-state index contributed by atoms with van der Waals surface area (Å²) >= 11 is 0. The highest BCUT2D eigenvalue weighted by molar-refractivity contribution is 5.21. The monoisotopic (exact) mass is 244 g/mol. The fraction of sp³-hybridized carbons (Fsp3) is 0.429. The molecule has 0 saturated carbocycles. The average Bonchev–Trinajstić information content (AvgIpc) is 2.80. The van der Waals surface area contributed by atoms with Crippen LogP contribution in [-0.4, -0.2) is 14.5 Å². The van der Waals surface area contributed by atoms with Gasteiger partial charge in [0.1, 0.15) is 0 Å². The number of nitrogens with one attached hydrogen (secondary N) is 1. The molecule has 4 nitrogen and oxygen atoms in total. The van der Waals surface area contributed by atoms with E-state index in [0.717, 1.165) is 13.1 Å². The molecule has 2 aromatic heterocycles. The van der Waals surface area contributed by atoms with Gasteiger partial charge < -0.3 is 9.88 Å². The van der Waals surface area contributed by atoms with E-state index in [1.165, 1.54) is 16.8 Å². The molecule has 2 heterocycles. The van der Waals surface area contributed by atoms with E-state index in [2.05, 4.69) is 40.6 Å². The van der Waals surface area contributed by atoms with Gasteiger partial charge in [0, 0.05) is 37.7 Å². The first-order valence-electron chi connectivity index (χ1n) is 6.29. The van der Waals surface area contributed by atoms with Gasteiger partial charge in [-0.1, -0.05) is 0 Å². The van der Waals surface area contributed by atoms with Crippen molar-refractivity contribution in [3.05, 3.63) is 47.8 Å². The highest BCUT2D eigenvalue weighted by Gasteiger charge is 2.05. The lowest BCUT2D eigenvalue weighted by Crippen LogP contribution is -2.17. The summed E-state index contributed by atoms with van der Waals surface area (Å²) in [4.78, 5) is 8.35. The van der Waals surface area contributed by atoms with E-state index < -0.39 is 0 Å². The first kappa shape index (κ1) is 12.8. The van der Waals surface area contributed by atoms with Crippen LogP contribution in [0.3, 0.4) is 0 Å². The van der Waals surface area contributed by atoms with E-state index in [4.69, 9.17) is 0 Å². The summed E-state index contributed by atoms with van der Waals surface area (Å²) in [6.07, 6.45) is 7.55. The molecule has 18 heavy (non-hydrogen) atoms. The van der Waals surface area contributed by atoms with E-state index in [9.17, 15) is 0 Å².